The summed E-state index contributed by atoms with van der Waals surface area (Å²) in [5.74, 6) is 0.164. The fourth-order valence-corrected chi connectivity index (χ4v) is 3.21. The minimum atomic E-state index is -2.96. The Morgan fingerprint density at radius 3 is 2.29 bits per heavy atom. The molecule has 1 amide bonds. The van der Waals surface area contributed by atoms with Gasteiger partial charge in [0.2, 0.25) is 0 Å². The highest BCUT2D eigenvalue weighted by molar-refractivity contribution is 7.92. The number of hydrogen-bond acceptors (Lipinski definition) is 4. The van der Waals surface area contributed by atoms with Crippen LogP contribution in [0, 0.1) is 0 Å². The smallest absolute Gasteiger partial charge is 0.407 e. The fraction of sp³-hybridized carbons (Fsp3) is 0.909. The maximum Gasteiger partial charge on any atom is 0.407 e. The van der Waals surface area contributed by atoms with Crippen molar-refractivity contribution in [2.45, 2.75) is 57.4 Å². The third-order valence-electron chi connectivity index (χ3n) is 2.73. The molecule has 0 aromatic rings. The Hall–Kier alpha value is -0.780. The number of amides is 1. The lowest BCUT2D eigenvalue weighted by molar-refractivity contribution is 0.0481. The predicted octanol–water partition coefficient (Wildman–Crippen LogP) is 1.48. The summed E-state index contributed by atoms with van der Waals surface area (Å²) >= 11 is 0. The summed E-state index contributed by atoms with van der Waals surface area (Å²) in [6.07, 6.45) is 0.514. The van der Waals surface area contributed by atoms with Crippen LogP contribution in [-0.2, 0) is 14.6 Å². The second kappa shape index (κ2) is 4.84. The number of alkyl carbamates (subject to hydrolysis) is 1. The molecular formula is C11H21NO4S. The molecule has 1 aliphatic rings. The molecule has 0 aromatic heterocycles. The highest BCUT2D eigenvalue weighted by atomic mass is 32.2. The first kappa shape index (κ1) is 14.3. The van der Waals surface area contributed by atoms with Crippen LogP contribution in [0.5, 0.6) is 0 Å². The van der Waals surface area contributed by atoms with Crippen molar-refractivity contribution in [2.24, 2.45) is 0 Å². The first-order chi connectivity index (χ1) is 7.64. The van der Waals surface area contributed by atoms with Gasteiger partial charge in [0.1, 0.15) is 5.60 Å². The van der Waals surface area contributed by atoms with Crippen molar-refractivity contribution in [3.63, 3.8) is 0 Å². The second-order valence-electron chi connectivity index (χ2n) is 5.39. The topological polar surface area (TPSA) is 72.5 Å². The number of rotatable bonds is 3. The molecule has 1 rings (SSSR count). The van der Waals surface area contributed by atoms with Gasteiger partial charge in [-0.15, -0.1) is 0 Å². The molecule has 17 heavy (non-hydrogen) atoms. The molecule has 1 fully saturated rings. The van der Waals surface area contributed by atoms with E-state index in [4.69, 9.17) is 4.74 Å². The Bertz CT molecular complexity index is 377. The van der Waals surface area contributed by atoms with Crippen LogP contribution in [0.3, 0.4) is 0 Å². The van der Waals surface area contributed by atoms with Gasteiger partial charge in [-0.05, 0) is 33.6 Å². The zero-order chi connectivity index (χ0) is 13.3. The van der Waals surface area contributed by atoms with Crippen LogP contribution in [0.2, 0.25) is 0 Å². The van der Waals surface area contributed by atoms with Crippen LogP contribution >= 0.6 is 0 Å². The van der Waals surface area contributed by atoms with Gasteiger partial charge in [-0.2, -0.15) is 0 Å². The molecule has 0 aliphatic heterocycles. The van der Waals surface area contributed by atoms with Crippen molar-refractivity contribution < 1.29 is 17.9 Å². The summed E-state index contributed by atoms with van der Waals surface area (Å²) in [5.41, 5.74) is -0.525. The minimum absolute atomic E-state index is 0.0730. The van der Waals surface area contributed by atoms with Gasteiger partial charge in [0.15, 0.2) is 9.84 Å². The Morgan fingerprint density at radius 2 is 1.88 bits per heavy atom. The summed E-state index contributed by atoms with van der Waals surface area (Å²) in [5, 5.41) is 2.37. The molecule has 0 saturated heterocycles. The standard InChI is InChI=1S/C11H21NO4S/c1-5-17(14,15)9-6-8(7-9)12-10(13)16-11(2,3)4/h8-9H,5-7H2,1-4H3,(H,12,13)/t8-,9-. The highest BCUT2D eigenvalue weighted by Crippen LogP contribution is 2.27. The maximum atomic E-state index is 11.5. The summed E-state index contributed by atoms with van der Waals surface area (Å²) in [6.45, 7) is 7.01. The molecule has 6 heteroatoms. The van der Waals surface area contributed by atoms with E-state index in [2.05, 4.69) is 5.32 Å². The summed E-state index contributed by atoms with van der Waals surface area (Å²) in [6, 6.07) is -0.0730. The van der Waals surface area contributed by atoms with Gasteiger partial charge in [-0.25, -0.2) is 13.2 Å². The normalized spacial score (nSPS) is 24.9. The monoisotopic (exact) mass is 263 g/mol. The summed E-state index contributed by atoms with van der Waals surface area (Å²) in [4.78, 5) is 11.4. The number of carbonyl (C=O) groups is 1. The van der Waals surface area contributed by atoms with E-state index in [0.29, 0.717) is 12.8 Å². The molecule has 0 bridgehead atoms. The first-order valence-corrected chi connectivity index (χ1v) is 7.56. The molecule has 0 radical (unpaired) electrons. The lowest BCUT2D eigenvalue weighted by Crippen LogP contribution is -2.51. The SMILES string of the molecule is CCS(=O)(=O)[C@H]1C[C@H](NC(=O)OC(C)(C)C)C1. The third-order valence-corrected chi connectivity index (χ3v) is 4.93. The van der Waals surface area contributed by atoms with Crippen molar-refractivity contribution in [3.8, 4) is 0 Å². The van der Waals surface area contributed by atoms with E-state index < -0.39 is 21.5 Å². The highest BCUT2D eigenvalue weighted by Gasteiger charge is 2.38. The van der Waals surface area contributed by atoms with E-state index in [-0.39, 0.29) is 17.0 Å². The van der Waals surface area contributed by atoms with E-state index in [1.807, 2.05) is 0 Å². The van der Waals surface area contributed by atoms with Gasteiger partial charge < -0.3 is 10.1 Å². The molecule has 0 unspecified atom stereocenters. The molecule has 0 aromatic carbocycles. The van der Waals surface area contributed by atoms with Crippen molar-refractivity contribution in [1.29, 1.82) is 0 Å². The first-order valence-electron chi connectivity index (χ1n) is 5.85. The number of sulfone groups is 1. The molecule has 1 saturated carbocycles. The average Bonchev–Trinajstić information content (AvgIpc) is 2.07. The van der Waals surface area contributed by atoms with Crippen LogP contribution in [-0.4, -0.2) is 37.2 Å². The lowest BCUT2D eigenvalue weighted by Gasteiger charge is -2.35. The van der Waals surface area contributed by atoms with E-state index in [1.54, 1.807) is 27.7 Å². The van der Waals surface area contributed by atoms with E-state index >= 15 is 0 Å². The Kier molecular flexibility index (Phi) is 4.06. The number of ether oxygens (including phenoxy) is 1. The average molecular weight is 263 g/mol. The molecule has 0 heterocycles. The van der Waals surface area contributed by atoms with Crippen LogP contribution in [0.1, 0.15) is 40.5 Å². The van der Waals surface area contributed by atoms with E-state index in [0.717, 1.165) is 0 Å². The number of nitrogens with one attached hydrogen (secondary N) is 1. The zero-order valence-electron chi connectivity index (χ0n) is 10.8. The molecule has 1 N–H and O–H groups in total. The minimum Gasteiger partial charge on any atom is -0.444 e. The Balaban J connectivity index is 2.33. The second-order valence-corrected chi connectivity index (χ2v) is 7.96. The predicted molar refractivity (Wildman–Crippen MR) is 65.6 cm³/mol. The fourth-order valence-electron chi connectivity index (χ4n) is 1.69. The molecule has 1 aliphatic carbocycles. The Labute approximate surface area is 103 Å². The molecule has 100 valence electrons. The van der Waals surface area contributed by atoms with Crippen molar-refractivity contribution in [2.75, 3.05) is 5.75 Å². The van der Waals surface area contributed by atoms with Gasteiger partial charge in [-0.1, -0.05) is 6.92 Å². The molecule has 5 nitrogen and oxygen atoms in total. The molecule has 0 spiro atoms. The number of hydrogen-bond donors (Lipinski definition) is 1. The quantitative estimate of drug-likeness (QED) is 0.837. The van der Waals surface area contributed by atoms with Gasteiger partial charge in [0.05, 0.1) is 5.25 Å². The number of carbonyl (C=O) groups excluding carboxylic acids is 1. The van der Waals surface area contributed by atoms with Gasteiger partial charge in [0.25, 0.3) is 0 Å². The van der Waals surface area contributed by atoms with Crippen molar-refractivity contribution in [3.05, 3.63) is 0 Å². The van der Waals surface area contributed by atoms with E-state index in [9.17, 15) is 13.2 Å². The van der Waals surface area contributed by atoms with Crippen molar-refractivity contribution in [1.82, 2.24) is 5.32 Å². The van der Waals surface area contributed by atoms with Crippen LogP contribution < -0.4 is 5.32 Å². The van der Waals surface area contributed by atoms with E-state index in [1.165, 1.54) is 0 Å². The Morgan fingerprint density at radius 1 is 1.35 bits per heavy atom. The van der Waals surface area contributed by atoms with Gasteiger partial charge >= 0.3 is 6.09 Å². The summed E-state index contributed by atoms with van der Waals surface area (Å²) < 4.78 is 28.1. The molecule has 0 atom stereocenters. The van der Waals surface area contributed by atoms with Gasteiger partial charge in [-0.3, -0.25) is 0 Å². The van der Waals surface area contributed by atoms with Crippen LogP contribution in [0.15, 0.2) is 0 Å². The van der Waals surface area contributed by atoms with Gasteiger partial charge in [0, 0.05) is 11.8 Å². The summed E-state index contributed by atoms with van der Waals surface area (Å²) in [7, 11) is -2.96. The maximum absolute atomic E-state index is 11.5. The zero-order valence-corrected chi connectivity index (χ0v) is 11.6. The van der Waals surface area contributed by atoms with Crippen LogP contribution in [0.25, 0.3) is 0 Å². The largest absolute Gasteiger partial charge is 0.444 e. The third kappa shape index (κ3) is 4.18. The molecular weight excluding hydrogens is 242 g/mol. The van der Waals surface area contributed by atoms with Crippen molar-refractivity contribution >= 4 is 15.9 Å². The lowest BCUT2D eigenvalue weighted by atomic mass is 9.92. The van der Waals surface area contributed by atoms with Crippen LogP contribution in [0.4, 0.5) is 4.79 Å².